The van der Waals surface area contributed by atoms with Gasteiger partial charge in [-0.1, -0.05) is 12.1 Å². The van der Waals surface area contributed by atoms with Gasteiger partial charge in [-0.15, -0.1) is 0 Å². The minimum Gasteiger partial charge on any atom is -0.497 e. The maximum atomic E-state index is 12.5. The number of nitrogens with zero attached hydrogens (tertiary/aromatic N) is 1. The second-order valence-electron chi connectivity index (χ2n) is 5.79. The molecular weight excluding hydrogens is 320 g/mol. The van der Waals surface area contributed by atoms with Crippen LogP contribution in [0.3, 0.4) is 0 Å². The fraction of sp³-hybridized carbons (Fsp3) is 0.263. The third-order valence-corrected chi connectivity index (χ3v) is 4.24. The monoisotopic (exact) mass is 340 g/mol. The van der Waals surface area contributed by atoms with E-state index in [1.165, 1.54) is 0 Å². The summed E-state index contributed by atoms with van der Waals surface area (Å²) in [5.41, 5.74) is 1.36. The zero-order chi connectivity index (χ0) is 17.8. The van der Waals surface area contributed by atoms with E-state index in [0.29, 0.717) is 18.0 Å². The average molecular weight is 340 g/mol. The van der Waals surface area contributed by atoms with Gasteiger partial charge in [-0.05, 0) is 36.4 Å². The first-order valence-corrected chi connectivity index (χ1v) is 8.00. The van der Waals surface area contributed by atoms with Crippen molar-refractivity contribution < 1.29 is 19.1 Å². The number of para-hydroxylation sites is 2. The molecule has 3 rings (SSSR count). The number of ether oxygens (including phenoxy) is 2. The molecule has 0 radical (unpaired) electrons. The summed E-state index contributed by atoms with van der Waals surface area (Å²) in [4.78, 5) is 26.5. The molecule has 130 valence electrons. The first-order valence-electron chi connectivity index (χ1n) is 8.00. The maximum Gasteiger partial charge on any atom is 0.229 e. The van der Waals surface area contributed by atoms with Crippen molar-refractivity contribution in [3.8, 4) is 11.5 Å². The van der Waals surface area contributed by atoms with Crippen molar-refractivity contribution in [3.63, 3.8) is 0 Å². The summed E-state index contributed by atoms with van der Waals surface area (Å²) in [5.74, 6) is 0.659. The fourth-order valence-corrected chi connectivity index (χ4v) is 2.88. The van der Waals surface area contributed by atoms with Crippen LogP contribution in [0.15, 0.2) is 48.5 Å². The number of hydrogen-bond acceptors (Lipinski definition) is 4. The number of nitrogens with one attached hydrogen (secondary N) is 1. The second-order valence-corrected chi connectivity index (χ2v) is 5.79. The molecule has 2 amide bonds. The molecule has 6 nitrogen and oxygen atoms in total. The molecule has 0 saturated carbocycles. The minimum atomic E-state index is -0.403. The maximum absolute atomic E-state index is 12.5. The molecule has 25 heavy (non-hydrogen) atoms. The van der Waals surface area contributed by atoms with E-state index < -0.39 is 5.92 Å². The summed E-state index contributed by atoms with van der Waals surface area (Å²) in [6, 6.07) is 14.4. The van der Waals surface area contributed by atoms with E-state index in [2.05, 4.69) is 5.32 Å². The Hall–Kier alpha value is -3.02. The largest absolute Gasteiger partial charge is 0.497 e. The predicted molar refractivity (Wildman–Crippen MR) is 95.1 cm³/mol. The molecule has 0 aromatic heterocycles. The Bertz CT molecular complexity index is 773. The van der Waals surface area contributed by atoms with Crippen LogP contribution in [0.5, 0.6) is 11.5 Å². The van der Waals surface area contributed by atoms with Gasteiger partial charge in [0.25, 0.3) is 0 Å². The zero-order valence-corrected chi connectivity index (χ0v) is 14.2. The average Bonchev–Trinajstić information content (AvgIpc) is 3.04. The first kappa shape index (κ1) is 16.8. The predicted octanol–water partition coefficient (Wildman–Crippen LogP) is 2.70. The minimum absolute atomic E-state index is 0.0645. The Kier molecular flexibility index (Phi) is 4.88. The number of methoxy groups -OCH3 is 2. The van der Waals surface area contributed by atoms with Crippen molar-refractivity contribution in [2.75, 3.05) is 31.0 Å². The Morgan fingerprint density at radius 1 is 1.08 bits per heavy atom. The third kappa shape index (κ3) is 3.57. The molecule has 1 saturated heterocycles. The van der Waals surface area contributed by atoms with Crippen LogP contribution in [0.4, 0.5) is 11.4 Å². The van der Waals surface area contributed by atoms with Crippen LogP contribution in [-0.2, 0) is 9.59 Å². The topological polar surface area (TPSA) is 67.9 Å². The number of rotatable bonds is 5. The van der Waals surface area contributed by atoms with Crippen molar-refractivity contribution in [1.82, 2.24) is 0 Å². The van der Waals surface area contributed by atoms with Crippen molar-refractivity contribution in [1.29, 1.82) is 0 Å². The normalized spacial score (nSPS) is 16.6. The summed E-state index contributed by atoms with van der Waals surface area (Å²) in [5, 5.41) is 2.85. The highest BCUT2D eigenvalue weighted by Crippen LogP contribution is 2.29. The number of carbonyl (C=O) groups excluding carboxylic acids is 2. The van der Waals surface area contributed by atoms with E-state index in [1.807, 2.05) is 24.3 Å². The van der Waals surface area contributed by atoms with E-state index in [4.69, 9.17) is 9.47 Å². The summed E-state index contributed by atoms with van der Waals surface area (Å²) in [6.07, 6.45) is 0.188. The van der Waals surface area contributed by atoms with Gasteiger partial charge in [0.1, 0.15) is 11.5 Å². The summed E-state index contributed by atoms with van der Waals surface area (Å²) in [6.45, 7) is 0.353. The van der Waals surface area contributed by atoms with Crippen molar-refractivity contribution in [2.45, 2.75) is 6.42 Å². The van der Waals surface area contributed by atoms with Crippen LogP contribution < -0.4 is 19.7 Å². The molecule has 0 bridgehead atoms. The van der Waals surface area contributed by atoms with Crippen LogP contribution >= 0.6 is 0 Å². The molecule has 6 heteroatoms. The van der Waals surface area contributed by atoms with Crippen molar-refractivity contribution in [2.24, 2.45) is 5.92 Å². The highest BCUT2D eigenvalue weighted by Gasteiger charge is 2.35. The summed E-state index contributed by atoms with van der Waals surface area (Å²) in [7, 11) is 3.14. The van der Waals surface area contributed by atoms with E-state index >= 15 is 0 Å². The molecular formula is C19H20N2O4. The lowest BCUT2D eigenvalue weighted by atomic mass is 10.1. The number of amides is 2. The summed E-state index contributed by atoms with van der Waals surface area (Å²) < 4.78 is 10.4. The van der Waals surface area contributed by atoms with E-state index in [9.17, 15) is 9.59 Å². The highest BCUT2D eigenvalue weighted by atomic mass is 16.5. The zero-order valence-electron chi connectivity index (χ0n) is 14.2. The molecule has 0 spiro atoms. The van der Waals surface area contributed by atoms with Crippen LogP contribution in [-0.4, -0.2) is 32.6 Å². The molecule has 1 heterocycles. The van der Waals surface area contributed by atoms with E-state index in [-0.39, 0.29) is 18.2 Å². The number of carbonyl (C=O) groups is 2. The third-order valence-electron chi connectivity index (χ3n) is 4.24. The highest BCUT2D eigenvalue weighted by molar-refractivity contribution is 6.03. The first-order chi connectivity index (χ1) is 12.1. The second kappa shape index (κ2) is 7.25. The Morgan fingerprint density at radius 2 is 1.80 bits per heavy atom. The van der Waals surface area contributed by atoms with Crippen LogP contribution in [0.2, 0.25) is 0 Å². The van der Waals surface area contributed by atoms with Crippen LogP contribution in [0.1, 0.15) is 6.42 Å². The Labute approximate surface area is 146 Å². The van der Waals surface area contributed by atoms with Gasteiger partial charge in [-0.25, -0.2) is 0 Å². The number of benzene rings is 2. The smallest absolute Gasteiger partial charge is 0.229 e. The van der Waals surface area contributed by atoms with Gasteiger partial charge in [0.2, 0.25) is 11.8 Å². The molecule has 1 aliphatic heterocycles. The molecule has 0 aliphatic carbocycles. The SMILES string of the molecule is COc1ccc(N2C[C@@H](C(=O)Nc3ccccc3OC)CC2=O)cc1. The quantitative estimate of drug-likeness (QED) is 0.909. The molecule has 1 atom stereocenters. The number of anilines is 2. The summed E-state index contributed by atoms with van der Waals surface area (Å²) >= 11 is 0. The molecule has 0 unspecified atom stereocenters. The molecule has 2 aromatic carbocycles. The molecule has 1 aliphatic rings. The lowest BCUT2D eigenvalue weighted by Gasteiger charge is -2.17. The van der Waals surface area contributed by atoms with E-state index in [1.54, 1.807) is 43.4 Å². The van der Waals surface area contributed by atoms with Gasteiger partial charge in [0.05, 0.1) is 25.8 Å². The van der Waals surface area contributed by atoms with Gasteiger partial charge in [-0.2, -0.15) is 0 Å². The Balaban J connectivity index is 1.70. The van der Waals surface area contributed by atoms with Gasteiger partial charge < -0.3 is 19.7 Å². The van der Waals surface area contributed by atoms with Crippen LogP contribution in [0.25, 0.3) is 0 Å². The van der Waals surface area contributed by atoms with Crippen molar-refractivity contribution in [3.05, 3.63) is 48.5 Å². The van der Waals surface area contributed by atoms with Gasteiger partial charge in [0, 0.05) is 18.7 Å². The molecule has 2 aromatic rings. The van der Waals surface area contributed by atoms with Crippen LogP contribution in [0, 0.1) is 5.92 Å². The van der Waals surface area contributed by atoms with Gasteiger partial charge in [-0.3, -0.25) is 9.59 Å². The Morgan fingerprint density at radius 3 is 2.48 bits per heavy atom. The standard InChI is InChI=1S/C19H20N2O4/c1-24-15-9-7-14(8-10-15)21-12-13(11-18(21)22)19(23)20-16-5-3-4-6-17(16)25-2/h3-10,13H,11-12H2,1-2H3,(H,20,23)/t13-/m0/s1. The van der Waals surface area contributed by atoms with E-state index in [0.717, 1.165) is 11.4 Å². The molecule has 1 N–H and O–H groups in total. The fourth-order valence-electron chi connectivity index (χ4n) is 2.88. The molecule has 1 fully saturated rings. The van der Waals surface area contributed by atoms with Crippen molar-refractivity contribution >= 4 is 23.2 Å². The number of hydrogen-bond donors (Lipinski definition) is 1. The van der Waals surface area contributed by atoms with Gasteiger partial charge in [0.15, 0.2) is 0 Å². The van der Waals surface area contributed by atoms with Gasteiger partial charge >= 0.3 is 0 Å². The lowest BCUT2D eigenvalue weighted by molar-refractivity contribution is -0.122. The lowest BCUT2D eigenvalue weighted by Crippen LogP contribution is -2.28.